The molecule has 0 aliphatic heterocycles. The van der Waals surface area contributed by atoms with Crippen LogP contribution in [0.5, 0.6) is 5.75 Å². The summed E-state index contributed by atoms with van der Waals surface area (Å²) < 4.78 is 38.1. The summed E-state index contributed by atoms with van der Waals surface area (Å²) in [6.07, 6.45) is 3.09. The zero-order valence-corrected chi connectivity index (χ0v) is 15.9. The van der Waals surface area contributed by atoms with Gasteiger partial charge in [-0.2, -0.15) is 0 Å². The van der Waals surface area contributed by atoms with Crippen LogP contribution in [0.2, 0.25) is 0 Å². The highest BCUT2D eigenvalue weighted by Gasteiger charge is 2.58. The Balaban J connectivity index is 1.39. The maximum absolute atomic E-state index is 13.8. The molecule has 2 fully saturated rings. The molecule has 0 radical (unpaired) electrons. The lowest BCUT2D eigenvalue weighted by Gasteiger charge is -2.11. The third-order valence-corrected chi connectivity index (χ3v) is 5.86. The van der Waals surface area contributed by atoms with Crippen LogP contribution >= 0.6 is 0 Å². The van der Waals surface area contributed by atoms with Gasteiger partial charge in [-0.3, -0.25) is 4.79 Å². The minimum absolute atomic E-state index is 0.0473. The molecule has 1 aromatic carbocycles. The number of H-pyrrole nitrogens is 1. The first-order valence-electron chi connectivity index (χ1n) is 9.68. The highest BCUT2D eigenvalue weighted by atomic mass is 19.3. The lowest BCUT2D eigenvalue weighted by atomic mass is 10.1. The van der Waals surface area contributed by atoms with Gasteiger partial charge in [0, 0.05) is 46.1 Å². The van der Waals surface area contributed by atoms with Crippen LogP contribution < -0.4 is 10.1 Å². The molecular formula is C21H21F2N3O3. The van der Waals surface area contributed by atoms with Crippen LogP contribution in [-0.4, -0.2) is 22.0 Å². The maximum atomic E-state index is 13.8. The van der Waals surface area contributed by atoms with Crippen LogP contribution in [0.1, 0.15) is 49.1 Å². The average molecular weight is 401 g/mol. The van der Waals surface area contributed by atoms with E-state index in [4.69, 9.17) is 9.26 Å². The van der Waals surface area contributed by atoms with Gasteiger partial charge in [0.2, 0.25) is 5.91 Å². The molecule has 6 nitrogen and oxygen atoms in total. The van der Waals surface area contributed by atoms with E-state index in [1.165, 1.54) is 6.26 Å². The zero-order chi connectivity index (χ0) is 20.2. The fourth-order valence-corrected chi connectivity index (χ4v) is 3.55. The quantitative estimate of drug-likeness (QED) is 0.620. The number of amides is 1. The Bertz CT molecular complexity index is 1070. The number of hydrogen-bond donors (Lipinski definition) is 2. The van der Waals surface area contributed by atoms with E-state index in [0.717, 1.165) is 29.4 Å². The van der Waals surface area contributed by atoms with Gasteiger partial charge in [0.1, 0.15) is 24.3 Å². The summed E-state index contributed by atoms with van der Waals surface area (Å²) in [6.45, 7) is 2.46. The number of aromatic nitrogens is 2. The molecule has 2 aliphatic rings. The van der Waals surface area contributed by atoms with E-state index in [9.17, 15) is 13.6 Å². The third-order valence-electron chi connectivity index (χ3n) is 5.86. The molecule has 0 bridgehead atoms. The van der Waals surface area contributed by atoms with E-state index in [2.05, 4.69) is 15.5 Å². The number of aromatic amines is 1. The number of alkyl halides is 2. The van der Waals surface area contributed by atoms with Crippen molar-refractivity contribution in [3.63, 3.8) is 0 Å². The monoisotopic (exact) mass is 401 g/mol. The molecule has 2 saturated carbocycles. The second-order valence-corrected chi connectivity index (χ2v) is 8.31. The number of benzene rings is 1. The van der Waals surface area contributed by atoms with Gasteiger partial charge in [-0.05, 0) is 25.0 Å². The number of nitrogens with one attached hydrogen (secondary N) is 2. The average Bonchev–Trinajstić information content (AvgIpc) is 3.40. The number of carbonyl (C=O) groups excluding carboxylic acids is 1. The second kappa shape index (κ2) is 6.30. The fraction of sp³-hybridized carbons (Fsp3) is 0.429. The Labute approximate surface area is 165 Å². The van der Waals surface area contributed by atoms with Crippen molar-refractivity contribution in [2.24, 2.45) is 5.41 Å². The Morgan fingerprint density at radius 2 is 2.17 bits per heavy atom. The van der Waals surface area contributed by atoms with E-state index in [-0.39, 0.29) is 24.3 Å². The summed E-state index contributed by atoms with van der Waals surface area (Å²) in [5.41, 5.74) is 2.43. The van der Waals surface area contributed by atoms with Crippen LogP contribution in [0.3, 0.4) is 0 Å². The van der Waals surface area contributed by atoms with Gasteiger partial charge in [-0.15, -0.1) is 0 Å². The Hall–Kier alpha value is -2.90. The molecule has 2 aromatic heterocycles. The van der Waals surface area contributed by atoms with Gasteiger partial charge < -0.3 is 19.6 Å². The molecule has 1 amide bonds. The predicted octanol–water partition coefficient (Wildman–Crippen LogP) is 4.27. The Morgan fingerprint density at radius 1 is 1.38 bits per heavy atom. The minimum Gasteiger partial charge on any atom is -0.487 e. The molecule has 2 heterocycles. The summed E-state index contributed by atoms with van der Waals surface area (Å²) in [4.78, 5) is 15.4. The second-order valence-electron chi connectivity index (χ2n) is 8.31. The lowest BCUT2D eigenvalue weighted by molar-refractivity contribution is -0.125. The van der Waals surface area contributed by atoms with Gasteiger partial charge >= 0.3 is 0 Å². The van der Waals surface area contributed by atoms with Gasteiger partial charge in [-0.1, -0.05) is 12.1 Å². The number of fused-ring (bicyclic) bond motifs is 1. The molecule has 8 heteroatoms. The highest BCUT2D eigenvalue weighted by Crippen LogP contribution is 2.58. The highest BCUT2D eigenvalue weighted by molar-refractivity contribution is 5.86. The first-order chi connectivity index (χ1) is 13.8. The number of rotatable bonds is 7. The van der Waals surface area contributed by atoms with E-state index in [1.807, 2.05) is 13.0 Å². The fourth-order valence-electron chi connectivity index (χ4n) is 3.55. The van der Waals surface area contributed by atoms with Crippen molar-refractivity contribution in [3.8, 4) is 5.75 Å². The summed E-state index contributed by atoms with van der Waals surface area (Å²) in [5.74, 6) is -3.09. The molecule has 5 rings (SSSR count). The number of halogens is 2. The van der Waals surface area contributed by atoms with Crippen molar-refractivity contribution >= 4 is 16.8 Å². The van der Waals surface area contributed by atoms with Crippen molar-refractivity contribution in [2.45, 2.75) is 51.2 Å². The largest absolute Gasteiger partial charge is 0.487 e. The Kier molecular flexibility index (Phi) is 3.94. The SMILES string of the molecule is CC1(C(=O)NCc2cc3cc(C4CC4(F)F)c(OCc4ccon4)cc3[nH]2)CC1. The van der Waals surface area contributed by atoms with E-state index in [1.54, 1.807) is 18.2 Å². The van der Waals surface area contributed by atoms with Crippen LogP contribution in [-0.2, 0) is 17.9 Å². The molecule has 1 atom stereocenters. The molecule has 2 aliphatic carbocycles. The summed E-state index contributed by atoms with van der Waals surface area (Å²) in [6, 6.07) is 7.05. The number of hydrogen-bond acceptors (Lipinski definition) is 4. The van der Waals surface area contributed by atoms with Crippen LogP contribution in [0.25, 0.3) is 10.9 Å². The molecule has 2 N–H and O–H groups in total. The lowest BCUT2D eigenvalue weighted by Crippen LogP contribution is -2.29. The molecule has 0 spiro atoms. The molecule has 0 saturated heterocycles. The molecule has 1 unspecified atom stereocenters. The molecular weight excluding hydrogens is 380 g/mol. The van der Waals surface area contributed by atoms with Crippen LogP contribution in [0.4, 0.5) is 8.78 Å². The first-order valence-corrected chi connectivity index (χ1v) is 9.68. The smallest absolute Gasteiger partial charge is 0.256 e. The van der Waals surface area contributed by atoms with E-state index in [0.29, 0.717) is 23.6 Å². The molecule has 3 aromatic rings. The van der Waals surface area contributed by atoms with Crippen LogP contribution in [0.15, 0.2) is 35.1 Å². The Morgan fingerprint density at radius 3 is 2.83 bits per heavy atom. The number of ether oxygens (including phenoxy) is 1. The standard InChI is InChI=1S/C21H21F2N3O3/c1-20(3-4-20)19(27)24-10-14-6-12-7-15(16-9-21(16,22)23)18(8-17(12)25-14)28-11-13-2-5-29-26-13/h2,5-8,16,25H,3-4,9-11H2,1H3,(H,24,27). The van der Waals surface area contributed by atoms with Gasteiger partial charge in [0.15, 0.2) is 0 Å². The van der Waals surface area contributed by atoms with Crippen molar-refractivity contribution in [1.82, 2.24) is 15.5 Å². The van der Waals surface area contributed by atoms with Crippen molar-refractivity contribution in [3.05, 3.63) is 47.5 Å². The topological polar surface area (TPSA) is 80.2 Å². The van der Waals surface area contributed by atoms with E-state index >= 15 is 0 Å². The van der Waals surface area contributed by atoms with Crippen molar-refractivity contribution in [2.75, 3.05) is 0 Å². The minimum atomic E-state index is -2.70. The first kappa shape index (κ1) is 18.1. The maximum Gasteiger partial charge on any atom is 0.256 e. The number of nitrogens with zero attached hydrogens (tertiary/aromatic N) is 1. The van der Waals surface area contributed by atoms with Gasteiger partial charge in [-0.25, -0.2) is 8.78 Å². The normalized spacial score (nSPS) is 21.1. The van der Waals surface area contributed by atoms with Gasteiger partial charge in [0.05, 0.1) is 12.5 Å². The van der Waals surface area contributed by atoms with Crippen molar-refractivity contribution in [1.29, 1.82) is 0 Å². The zero-order valence-electron chi connectivity index (χ0n) is 15.9. The molecule has 152 valence electrons. The summed E-state index contributed by atoms with van der Waals surface area (Å²) in [5, 5.41) is 7.55. The predicted molar refractivity (Wildman–Crippen MR) is 101 cm³/mol. The number of carbonyl (C=O) groups is 1. The van der Waals surface area contributed by atoms with Gasteiger partial charge in [0.25, 0.3) is 5.92 Å². The summed E-state index contributed by atoms with van der Waals surface area (Å²) >= 11 is 0. The third kappa shape index (κ3) is 3.47. The van der Waals surface area contributed by atoms with Crippen molar-refractivity contribution < 1.29 is 22.8 Å². The van der Waals surface area contributed by atoms with E-state index < -0.39 is 11.8 Å². The summed E-state index contributed by atoms with van der Waals surface area (Å²) in [7, 11) is 0. The van der Waals surface area contributed by atoms with Crippen LogP contribution in [0, 0.1) is 5.41 Å². The molecule has 29 heavy (non-hydrogen) atoms.